The molecule has 2 heterocycles. The van der Waals surface area contributed by atoms with Crippen molar-refractivity contribution in [3.05, 3.63) is 12.3 Å². The van der Waals surface area contributed by atoms with Crippen LogP contribution in [0.2, 0.25) is 0 Å². The van der Waals surface area contributed by atoms with Crippen LogP contribution in [0.3, 0.4) is 0 Å². The fourth-order valence-corrected chi connectivity index (χ4v) is 0.950. The van der Waals surface area contributed by atoms with Crippen LogP contribution in [0.25, 0.3) is 0 Å². The van der Waals surface area contributed by atoms with Crippen LogP contribution in [0.15, 0.2) is 11.2 Å². The van der Waals surface area contributed by atoms with Crippen LogP contribution in [0.4, 0.5) is 0 Å². The Labute approximate surface area is 58.4 Å². The normalized spacial score (nSPS) is 36.0. The molecule has 0 aliphatic carbocycles. The third-order valence-corrected chi connectivity index (χ3v) is 1.51. The lowest BCUT2D eigenvalue weighted by Crippen LogP contribution is -2.33. The molecular formula is C6H7N2O2. The Morgan fingerprint density at radius 2 is 2.70 bits per heavy atom. The highest BCUT2D eigenvalue weighted by Gasteiger charge is 2.26. The summed E-state index contributed by atoms with van der Waals surface area (Å²) >= 11 is 0. The molecule has 2 aliphatic rings. The van der Waals surface area contributed by atoms with Crippen LogP contribution in [0, 0.1) is 6.26 Å². The smallest absolute Gasteiger partial charge is 0.189 e. The molecule has 2 aliphatic heterocycles. The lowest BCUT2D eigenvalue weighted by atomic mass is 10.1. The van der Waals surface area contributed by atoms with Gasteiger partial charge in [-0.15, -0.1) is 5.48 Å². The first-order valence-electron chi connectivity index (χ1n) is 3.15. The molecule has 2 rings (SSSR count). The van der Waals surface area contributed by atoms with Gasteiger partial charge in [-0.2, -0.15) is 0 Å². The van der Waals surface area contributed by atoms with Gasteiger partial charge in [-0.25, -0.2) is 0 Å². The Morgan fingerprint density at radius 1 is 1.70 bits per heavy atom. The first-order valence-corrected chi connectivity index (χ1v) is 3.15. The van der Waals surface area contributed by atoms with E-state index >= 15 is 0 Å². The number of oxime groups is 1. The van der Waals surface area contributed by atoms with Crippen molar-refractivity contribution in [1.29, 1.82) is 0 Å². The first kappa shape index (κ1) is 5.73. The molecule has 4 nitrogen and oxygen atoms in total. The summed E-state index contributed by atoms with van der Waals surface area (Å²) in [6, 6.07) is 0.0995. The number of hydrogen-bond donors (Lipinski definition) is 1. The Bertz CT molecular complexity index is 171. The first-order chi connectivity index (χ1) is 4.97. The maximum Gasteiger partial charge on any atom is 0.189 e. The third kappa shape index (κ3) is 0.863. The van der Waals surface area contributed by atoms with E-state index in [9.17, 15) is 0 Å². The lowest BCUT2D eigenvalue weighted by Gasteiger charge is -2.12. The van der Waals surface area contributed by atoms with Crippen molar-refractivity contribution in [2.75, 3.05) is 0 Å². The van der Waals surface area contributed by atoms with E-state index in [1.807, 2.05) is 0 Å². The Kier molecular flexibility index (Phi) is 1.32. The molecule has 1 N–H and O–H groups in total. The summed E-state index contributed by atoms with van der Waals surface area (Å²) < 4.78 is 0. The van der Waals surface area contributed by atoms with Crippen LogP contribution >= 0.6 is 0 Å². The largest absolute Gasteiger partial charge is 0.404 e. The highest BCUT2D eigenvalue weighted by atomic mass is 16.7. The monoisotopic (exact) mass is 139 g/mol. The average molecular weight is 139 g/mol. The Hall–Kier alpha value is -1.03. The van der Waals surface area contributed by atoms with Crippen LogP contribution < -0.4 is 5.48 Å². The topological polar surface area (TPSA) is 42.8 Å². The molecular weight excluding hydrogens is 132 g/mol. The minimum Gasteiger partial charge on any atom is -0.404 e. The molecule has 0 aromatic carbocycles. The molecule has 0 aromatic heterocycles. The molecule has 0 bridgehead atoms. The van der Waals surface area contributed by atoms with Crippen molar-refractivity contribution in [1.82, 2.24) is 5.48 Å². The second-order valence-corrected chi connectivity index (χ2v) is 2.20. The molecule has 0 saturated carbocycles. The van der Waals surface area contributed by atoms with Gasteiger partial charge in [0.15, 0.2) is 12.4 Å². The fourth-order valence-electron chi connectivity index (χ4n) is 0.950. The molecule has 2 atom stereocenters. The molecule has 0 saturated heterocycles. The van der Waals surface area contributed by atoms with E-state index in [2.05, 4.69) is 21.7 Å². The zero-order valence-corrected chi connectivity index (χ0v) is 5.28. The summed E-state index contributed by atoms with van der Waals surface area (Å²) in [7, 11) is 0. The van der Waals surface area contributed by atoms with Gasteiger partial charge in [0.05, 0.1) is 0 Å². The summed E-state index contributed by atoms with van der Waals surface area (Å²) in [5.41, 5.74) is 2.73. The Balaban J connectivity index is 1.93. The second-order valence-electron chi connectivity index (χ2n) is 2.20. The van der Waals surface area contributed by atoms with Crippen LogP contribution in [0.1, 0.15) is 6.42 Å². The van der Waals surface area contributed by atoms with Gasteiger partial charge >= 0.3 is 0 Å². The number of nitrogens with one attached hydrogen (secondary N) is 1. The van der Waals surface area contributed by atoms with Gasteiger partial charge in [-0.1, -0.05) is 5.16 Å². The van der Waals surface area contributed by atoms with E-state index in [4.69, 9.17) is 4.84 Å². The molecule has 0 fully saturated rings. The molecule has 4 heteroatoms. The molecule has 0 aromatic rings. The van der Waals surface area contributed by atoms with Crippen molar-refractivity contribution in [2.45, 2.75) is 18.6 Å². The summed E-state index contributed by atoms with van der Waals surface area (Å²) in [5.74, 6) is 0. The minimum absolute atomic E-state index is 0.0787. The summed E-state index contributed by atoms with van der Waals surface area (Å²) in [6.07, 6.45) is 7.03. The quantitative estimate of drug-likeness (QED) is 0.555. The third-order valence-electron chi connectivity index (χ3n) is 1.51. The number of hydroxylamine groups is 1. The maximum absolute atomic E-state index is 4.99. The van der Waals surface area contributed by atoms with Gasteiger partial charge in [0.25, 0.3) is 0 Å². The van der Waals surface area contributed by atoms with E-state index in [0.29, 0.717) is 0 Å². The van der Waals surface area contributed by atoms with Gasteiger partial charge < -0.3 is 9.68 Å². The van der Waals surface area contributed by atoms with Crippen LogP contribution in [-0.2, 0) is 9.68 Å². The molecule has 2 unspecified atom stereocenters. The minimum atomic E-state index is 0.0787. The molecule has 10 heavy (non-hydrogen) atoms. The highest BCUT2D eigenvalue weighted by molar-refractivity contribution is 5.58. The van der Waals surface area contributed by atoms with E-state index in [1.165, 1.54) is 0 Å². The van der Waals surface area contributed by atoms with Gasteiger partial charge in [-0.3, -0.25) is 0 Å². The zero-order valence-electron chi connectivity index (χ0n) is 5.28. The number of hydrogen-bond acceptors (Lipinski definition) is 4. The van der Waals surface area contributed by atoms with Gasteiger partial charge in [0, 0.05) is 12.6 Å². The zero-order chi connectivity index (χ0) is 6.81. The predicted molar refractivity (Wildman–Crippen MR) is 33.8 cm³/mol. The standard InChI is InChI=1S/C6H7N2O2/c1-3-7-10-6(1)5-2-4-9-8-5/h2-3,5-6,8H,1H2. The Morgan fingerprint density at radius 3 is 3.30 bits per heavy atom. The van der Waals surface area contributed by atoms with E-state index in [-0.39, 0.29) is 12.1 Å². The lowest BCUT2D eigenvalue weighted by molar-refractivity contribution is 0.0268. The summed E-state index contributed by atoms with van der Waals surface area (Å²) in [6.45, 7) is 0. The van der Waals surface area contributed by atoms with Gasteiger partial charge in [0.2, 0.25) is 0 Å². The van der Waals surface area contributed by atoms with E-state index in [0.717, 1.165) is 6.42 Å². The number of nitrogens with zero attached hydrogens (tertiary/aromatic N) is 1. The predicted octanol–water partition coefficient (Wildman–Crippen LogP) is -0.0186. The molecule has 53 valence electrons. The molecule has 0 amide bonds. The van der Waals surface area contributed by atoms with Gasteiger partial charge in [-0.05, 0) is 6.08 Å². The van der Waals surface area contributed by atoms with Crippen molar-refractivity contribution < 1.29 is 9.68 Å². The van der Waals surface area contributed by atoms with Crippen molar-refractivity contribution in [2.24, 2.45) is 5.16 Å². The SMILES string of the molecule is [C]1=CC(C2CC=NO2)NO1. The molecule has 0 spiro atoms. The van der Waals surface area contributed by atoms with Crippen molar-refractivity contribution in [3.63, 3.8) is 0 Å². The second kappa shape index (κ2) is 2.30. The van der Waals surface area contributed by atoms with Crippen LogP contribution in [0.5, 0.6) is 0 Å². The highest BCUT2D eigenvalue weighted by Crippen LogP contribution is 2.12. The van der Waals surface area contributed by atoms with Gasteiger partial charge in [0.1, 0.15) is 6.04 Å². The van der Waals surface area contributed by atoms with E-state index in [1.54, 1.807) is 12.3 Å². The van der Waals surface area contributed by atoms with Crippen LogP contribution in [-0.4, -0.2) is 18.4 Å². The fraction of sp³-hybridized carbons (Fsp3) is 0.500. The maximum atomic E-state index is 4.99. The average Bonchev–Trinajstić information content (AvgIpc) is 2.59. The number of rotatable bonds is 1. The van der Waals surface area contributed by atoms with Crippen molar-refractivity contribution in [3.8, 4) is 0 Å². The molecule has 1 radical (unpaired) electrons. The van der Waals surface area contributed by atoms with E-state index < -0.39 is 0 Å². The summed E-state index contributed by atoms with van der Waals surface area (Å²) in [4.78, 5) is 9.67. The van der Waals surface area contributed by atoms with Crippen molar-refractivity contribution >= 4 is 6.21 Å². The summed E-state index contributed by atoms with van der Waals surface area (Å²) in [5, 5.41) is 3.64.